The zero-order chi connectivity index (χ0) is 10.6. The van der Waals surface area contributed by atoms with Crippen LogP contribution in [0, 0.1) is 0 Å². The molecule has 4 nitrogen and oxygen atoms in total. The monoisotopic (exact) mass is 200 g/mol. The van der Waals surface area contributed by atoms with E-state index in [1.54, 1.807) is 0 Å². The summed E-state index contributed by atoms with van der Waals surface area (Å²) in [6.45, 7) is 7.82. The van der Waals surface area contributed by atoms with E-state index in [9.17, 15) is 4.79 Å². The van der Waals surface area contributed by atoms with Crippen molar-refractivity contribution in [3.05, 3.63) is 12.7 Å². The van der Waals surface area contributed by atoms with Crippen LogP contribution in [0.1, 0.15) is 20.3 Å². The maximum absolute atomic E-state index is 11.0. The molecule has 1 unspecified atom stereocenters. The molecular weight excluding hydrogens is 184 g/mol. The maximum Gasteiger partial charge on any atom is 0.309 e. The first-order valence-electron chi connectivity index (χ1n) is 4.62. The van der Waals surface area contributed by atoms with Crippen molar-refractivity contribution in [2.24, 2.45) is 0 Å². The largest absolute Gasteiger partial charge is 0.463 e. The van der Waals surface area contributed by atoms with E-state index in [0.717, 1.165) is 0 Å². The summed E-state index contributed by atoms with van der Waals surface area (Å²) in [6.07, 6.45) is 1.59. The quantitative estimate of drug-likeness (QED) is 0.506. The van der Waals surface area contributed by atoms with Crippen molar-refractivity contribution >= 4 is 5.97 Å². The molecule has 0 aromatic heterocycles. The van der Waals surface area contributed by atoms with Gasteiger partial charge in [0.05, 0.1) is 13.0 Å². The van der Waals surface area contributed by atoms with Crippen molar-refractivity contribution in [3.63, 3.8) is 0 Å². The summed E-state index contributed by atoms with van der Waals surface area (Å²) in [5.41, 5.74) is 0. The predicted octanol–water partition coefficient (Wildman–Crippen LogP) is 1.26. The number of rotatable bonds is 4. The smallest absolute Gasteiger partial charge is 0.309 e. The third kappa shape index (κ3) is 3.47. The second kappa shape index (κ2) is 4.57. The molecule has 0 amide bonds. The van der Waals surface area contributed by atoms with Crippen LogP contribution in [0.3, 0.4) is 0 Å². The van der Waals surface area contributed by atoms with Crippen LogP contribution in [0.15, 0.2) is 12.7 Å². The Labute approximate surface area is 83.8 Å². The maximum atomic E-state index is 11.0. The highest BCUT2D eigenvalue weighted by Gasteiger charge is 2.33. The average molecular weight is 200 g/mol. The molecule has 0 spiro atoms. The second-order valence-electron chi connectivity index (χ2n) is 3.63. The van der Waals surface area contributed by atoms with E-state index in [2.05, 4.69) is 6.58 Å². The highest BCUT2D eigenvalue weighted by molar-refractivity contribution is 5.70. The highest BCUT2D eigenvalue weighted by atomic mass is 16.7. The van der Waals surface area contributed by atoms with Crippen LogP contribution in [-0.4, -0.2) is 31.1 Å². The van der Waals surface area contributed by atoms with Gasteiger partial charge in [-0.1, -0.05) is 6.08 Å². The topological polar surface area (TPSA) is 44.8 Å². The molecule has 1 aliphatic heterocycles. The molecule has 80 valence electrons. The number of hydrogen-bond donors (Lipinski definition) is 0. The lowest BCUT2D eigenvalue weighted by Crippen LogP contribution is -2.25. The Morgan fingerprint density at radius 1 is 1.71 bits per heavy atom. The number of carbonyl (C=O) groups excluding carboxylic acids is 1. The molecule has 1 fully saturated rings. The van der Waals surface area contributed by atoms with E-state index in [1.807, 2.05) is 13.8 Å². The summed E-state index contributed by atoms with van der Waals surface area (Å²) in [4.78, 5) is 11.0. The number of hydrogen-bond acceptors (Lipinski definition) is 4. The van der Waals surface area contributed by atoms with Crippen molar-refractivity contribution < 1.29 is 19.0 Å². The van der Waals surface area contributed by atoms with Gasteiger partial charge < -0.3 is 14.2 Å². The molecule has 14 heavy (non-hydrogen) atoms. The Kier molecular flexibility index (Phi) is 3.66. The van der Waals surface area contributed by atoms with E-state index >= 15 is 0 Å². The van der Waals surface area contributed by atoms with E-state index in [-0.39, 0.29) is 25.1 Å². The third-order valence-electron chi connectivity index (χ3n) is 1.81. The molecule has 1 saturated heterocycles. The Morgan fingerprint density at radius 2 is 2.43 bits per heavy atom. The van der Waals surface area contributed by atoms with Crippen molar-refractivity contribution in [1.82, 2.24) is 0 Å². The molecule has 1 aliphatic rings. The van der Waals surface area contributed by atoms with Crippen LogP contribution in [0.25, 0.3) is 0 Å². The predicted molar refractivity (Wildman–Crippen MR) is 50.7 cm³/mol. The normalized spacial score (nSPS) is 24.6. The van der Waals surface area contributed by atoms with Crippen molar-refractivity contribution in [1.29, 1.82) is 0 Å². The molecule has 0 saturated carbocycles. The van der Waals surface area contributed by atoms with E-state index in [4.69, 9.17) is 14.2 Å². The van der Waals surface area contributed by atoms with Gasteiger partial charge in [0.25, 0.3) is 0 Å². The number of carbonyl (C=O) groups is 1. The summed E-state index contributed by atoms with van der Waals surface area (Å²) in [5.74, 6) is -0.844. The minimum atomic E-state index is -0.560. The fraction of sp³-hybridized carbons (Fsp3) is 0.700. The molecule has 1 rings (SSSR count). The van der Waals surface area contributed by atoms with Gasteiger partial charge in [-0.05, 0) is 13.8 Å². The van der Waals surface area contributed by atoms with Crippen LogP contribution in [-0.2, 0) is 19.0 Å². The van der Waals surface area contributed by atoms with Crippen molar-refractivity contribution in [3.8, 4) is 0 Å². The molecule has 0 N–H and O–H groups in total. The van der Waals surface area contributed by atoms with Gasteiger partial charge in [0, 0.05) is 0 Å². The summed E-state index contributed by atoms with van der Waals surface area (Å²) in [5, 5.41) is 0. The summed E-state index contributed by atoms with van der Waals surface area (Å²) < 4.78 is 15.7. The molecular formula is C10H16O4. The first kappa shape index (κ1) is 11.2. The van der Waals surface area contributed by atoms with Gasteiger partial charge in [0.2, 0.25) is 0 Å². The van der Waals surface area contributed by atoms with Gasteiger partial charge in [0.15, 0.2) is 5.79 Å². The number of esters is 1. The minimum Gasteiger partial charge on any atom is -0.463 e. The van der Waals surface area contributed by atoms with Crippen LogP contribution in [0.4, 0.5) is 0 Å². The molecule has 4 heteroatoms. The van der Waals surface area contributed by atoms with Gasteiger partial charge in [-0.15, -0.1) is 6.58 Å². The molecule has 0 aliphatic carbocycles. The molecule has 1 atom stereocenters. The van der Waals surface area contributed by atoms with Gasteiger partial charge in [-0.3, -0.25) is 4.79 Å². The Balaban J connectivity index is 2.20. The van der Waals surface area contributed by atoms with E-state index in [1.165, 1.54) is 6.08 Å². The van der Waals surface area contributed by atoms with Crippen LogP contribution >= 0.6 is 0 Å². The second-order valence-corrected chi connectivity index (χ2v) is 3.63. The molecule has 0 radical (unpaired) electrons. The minimum absolute atomic E-state index is 0.154. The van der Waals surface area contributed by atoms with Crippen LogP contribution in [0.2, 0.25) is 0 Å². The Hall–Kier alpha value is -0.870. The van der Waals surface area contributed by atoms with Crippen LogP contribution in [0.5, 0.6) is 0 Å². The van der Waals surface area contributed by atoms with Crippen molar-refractivity contribution in [2.45, 2.75) is 32.2 Å². The zero-order valence-electron chi connectivity index (χ0n) is 8.62. The van der Waals surface area contributed by atoms with E-state index < -0.39 is 5.79 Å². The average Bonchev–Trinajstić information content (AvgIpc) is 2.43. The summed E-state index contributed by atoms with van der Waals surface area (Å²) in [6, 6.07) is 0. The van der Waals surface area contributed by atoms with Gasteiger partial charge in [0.1, 0.15) is 12.7 Å². The zero-order valence-corrected chi connectivity index (χ0v) is 8.62. The van der Waals surface area contributed by atoms with E-state index in [0.29, 0.717) is 6.61 Å². The standard InChI is InChI=1S/C10H16O4/c1-4-5-9(11)12-6-8-7-13-10(2,3)14-8/h4,8H,1,5-7H2,2-3H3. The highest BCUT2D eigenvalue weighted by Crippen LogP contribution is 2.22. The summed E-state index contributed by atoms with van der Waals surface area (Å²) >= 11 is 0. The first-order chi connectivity index (χ1) is 6.53. The Bertz CT molecular complexity index is 222. The lowest BCUT2D eigenvalue weighted by molar-refractivity contribution is -0.157. The molecule has 1 heterocycles. The first-order valence-corrected chi connectivity index (χ1v) is 4.62. The fourth-order valence-corrected chi connectivity index (χ4v) is 1.21. The van der Waals surface area contributed by atoms with Gasteiger partial charge in [-0.2, -0.15) is 0 Å². The molecule has 0 bridgehead atoms. The van der Waals surface area contributed by atoms with Crippen molar-refractivity contribution in [2.75, 3.05) is 13.2 Å². The Morgan fingerprint density at radius 3 is 2.93 bits per heavy atom. The third-order valence-corrected chi connectivity index (χ3v) is 1.81. The molecule has 0 aromatic rings. The SMILES string of the molecule is C=CCC(=O)OCC1COC(C)(C)O1. The van der Waals surface area contributed by atoms with Gasteiger partial charge in [-0.25, -0.2) is 0 Å². The molecule has 0 aromatic carbocycles. The lowest BCUT2D eigenvalue weighted by Gasteiger charge is -2.16. The lowest BCUT2D eigenvalue weighted by atomic mass is 10.4. The fourth-order valence-electron chi connectivity index (χ4n) is 1.21. The van der Waals surface area contributed by atoms with Gasteiger partial charge >= 0.3 is 5.97 Å². The number of ether oxygens (including phenoxy) is 3. The van der Waals surface area contributed by atoms with Crippen LogP contribution < -0.4 is 0 Å². The summed E-state index contributed by atoms with van der Waals surface area (Å²) in [7, 11) is 0.